The Bertz CT molecular complexity index is 1130. The first-order valence-corrected chi connectivity index (χ1v) is 10.5. The number of nitrogens with one attached hydrogen (secondary N) is 3. The van der Waals surface area contributed by atoms with Crippen LogP contribution >= 0.6 is 0 Å². The Labute approximate surface area is 174 Å². The number of amides is 2. The first-order chi connectivity index (χ1) is 14.7. The lowest BCUT2D eigenvalue weighted by Gasteiger charge is -2.24. The molecular weight excluding hydrogens is 376 g/mol. The van der Waals surface area contributed by atoms with Gasteiger partial charge in [-0.1, -0.05) is 24.3 Å². The van der Waals surface area contributed by atoms with Gasteiger partial charge in [0.15, 0.2) is 0 Å². The molecule has 1 aromatic carbocycles. The molecule has 0 bridgehead atoms. The van der Waals surface area contributed by atoms with Gasteiger partial charge < -0.3 is 15.6 Å². The number of aromatic nitrogens is 2. The molecule has 1 unspecified atom stereocenters. The van der Waals surface area contributed by atoms with Crippen molar-refractivity contribution < 1.29 is 9.59 Å². The van der Waals surface area contributed by atoms with Gasteiger partial charge in [-0.05, 0) is 67.5 Å². The predicted molar refractivity (Wildman–Crippen MR) is 117 cm³/mol. The van der Waals surface area contributed by atoms with Gasteiger partial charge in [-0.2, -0.15) is 0 Å². The summed E-state index contributed by atoms with van der Waals surface area (Å²) in [6.45, 7) is 0. The third-order valence-corrected chi connectivity index (χ3v) is 5.86. The van der Waals surface area contributed by atoms with Crippen LogP contribution in [0.25, 0.3) is 16.6 Å². The van der Waals surface area contributed by atoms with Crippen LogP contribution in [0.1, 0.15) is 48.0 Å². The monoisotopic (exact) mass is 400 g/mol. The number of pyridine rings is 1. The molecule has 0 spiro atoms. The number of rotatable bonds is 5. The lowest BCUT2D eigenvalue weighted by Crippen LogP contribution is -2.35. The Morgan fingerprint density at radius 2 is 1.90 bits per heavy atom. The van der Waals surface area contributed by atoms with E-state index in [1.807, 2.05) is 48.7 Å². The lowest BCUT2D eigenvalue weighted by molar-refractivity contribution is -0.117. The van der Waals surface area contributed by atoms with Crippen molar-refractivity contribution in [3.63, 3.8) is 0 Å². The normalized spacial score (nSPS) is 18.7. The summed E-state index contributed by atoms with van der Waals surface area (Å²) in [5.74, 6) is 0.759. The second-order valence-electron chi connectivity index (χ2n) is 8.10. The fourth-order valence-electron chi connectivity index (χ4n) is 4.01. The van der Waals surface area contributed by atoms with E-state index < -0.39 is 0 Å². The fraction of sp³-hybridized carbons (Fsp3) is 0.292. The highest BCUT2D eigenvalue weighted by Gasteiger charge is 2.30. The average Bonchev–Trinajstić information content (AvgIpc) is 3.52. The number of nitrogens with zero attached hydrogens (tertiary/aromatic N) is 1. The Morgan fingerprint density at radius 3 is 2.63 bits per heavy atom. The third kappa shape index (κ3) is 3.85. The highest BCUT2D eigenvalue weighted by molar-refractivity contribution is 5.97. The SMILES string of the molecule is O=C(NC1CC=C(c2cc(NC(=O)C3CC3)nc3[nH]ccc23)CC1)c1ccccc1. The molecule has 6 nitrogen and oxygen atoms in total. The van der Waals surface area contributed by atoms with Crippen LogP contribution in [0.4, 0.5) is 5.82 Å². The predicted octanol–water partition coefficient (Wildman–Crippen LogP) is 4.28. The van der Waals surface area contributed by atoms with Crippen molar-refractivity contribution in [3.8, 4) is 0 Å². The van der Waals surface area contributed by atoms with E-state index >= 15 is 0 Å². The molecule has 30 heavy (non-hydrogen) atoms. The molecule has 3 aromatic rings. The minimum atomic E-state index is -0.0283. The van der Waals surface area contributed by atoms with E-state index in [1.54, 1.807) is 0 Å². The van der Waals surface area contributed by atoms with Crippen LogP contribution in [0.5, 0.6) is 0 Å². The van der Waals surface area contributed by atoms with E-state index in [0.29, 0.717) is 11.4 Å². The second kappa shape index (κ2) is 7.78. The fourth-order valence-corrected chi connectivity index (χ4v) is 4.01. The van der Waals surface area contributed by atoms with Crippen LogP contribution in [0.2, 0.25) is 0 Å². The number of H-pyrrole nitrogens is 1. The maximum Gasteiger partial charge on any atom is 0.251 e. The van der Waals surface area contributed by atoms with Crippen molar-refractivity contribution in [2.75, 3.05) is 5.32 Å². The molecule has 2 amide bonds. The smallest absolute Gasteiger partial charge is 0.251 e. The number of carbonyl (C=O) groups is 2. The zero-order valence-electron chi connectivity index (χ0n) is 16.7. The van der Waals surface area contributed by atoms with Crippen LogP contribution in [-0.2, 0) is 4.79 Å². The molecule has 2 aliphatic rings. The molecule has 0 radical (unpaired) electrons. The molecule has 1 fully saturated rings. The molecule has 2 heterocycles. The summed E-state index contributed by atoms with van der Waals surface area (Å²) in [6, 6.07) is 13.4. The second-order valence-corrected chi connectivity index (χ2v) is 8.10. The summed E-state index contributed by atoms with van der Waals surface area (Å²) < 4.78 is 0. The molecule has 2 aromatic heterocycles. The molecule has 0 aliphatic heterocycles. The quantitative estimate of drug-likeness (QED) is 0.597. The van der Waals surface area contributed by atoms with Crippen LogP contribution < -0.4 is 10.6 Å². The zero-order valence-corrected chi connectivity index (χ0v) is 16.7. The van der Waals surface area contributed by atoms with Gasteiger partial charge in [0.25, 0.3) is 5.91 Å². The van der Waals surface area contributed by atoms with Gasteiger partial charge in [-0.3, -0.25) is 9.59 Å². The summed E-state index contributed by atoms with van der Waals surface area (Å²) in [5, 5.41) is 7.15. The van der Waals surface area contributed by atoms with Crippen molar-refractivity contribution in [1.82, 2.24) is 15.3 Å². The number of benzene rings is 1. The number of allylic oxidation sites excluding steroid dienone is 1. The van der Waals surface area contributed by atoms with Crippen LogP contribution in [-0.4, -0.2) is 27.8 Å². The van der Waals surface area contributed by atoms with E-state index in [2.05, 4.69) is 26.7 Å². The largest absolute Gasteiger partial charge is 0.349 e. The van der Waals surface area contributed by atoms with Crippen LogP contribution in [0, 0.1) is 5.92 Å². The van der Waals surface area contributed by atoms with Crippen molar-refractivity contribution >= 4 is 34.2 Å². The van der Waals surface area contributed by atoms with Gasteiger partial charge >= 0.3 is 0 Å². The molecule has 1 saturated carbocycles. The zero-order chi connectivity index (χ0) is 20.5. The number of fused-ring (bicyclic) bond motifs is 1. The first-order valence-electron chi connectivity index (χ1n) is 10.5. The number of aromatic amines is 1. The summed E-state index contributed by atoms with van der Waals surface area (Å²) in [4.78, 5) is 32.3. The van der Waals surface area contributed by atoms with Gasteiger partial charge in [0.2, 0.25) is 5.91 Å². The Balaban J connectivity index is 1.33. The molecule has 3 N–H and O–H groups in total. The molecule has 0 saturated heterocycles. The highest BCUT2D eigenvalue weighted by Crippen LogP contribution is 2.34. The Hall–Kier alpha value is -3.41. The van der Waals surface area contributed by atoms with Crippen molar-refractivity contribution in [2.24, 2.45) is 5.92 Å². The van der Waals surface area contributed by atoms with E-state index in [9.17, 15) is 9.59 Å². The van der Waals surface area contributed by atoms with Crippen molar-refractivity contribution in [3.05, 3.63) is 65.9 Å². The first kappa shape index (κ1) is 18.6. The summed E-state index contributed by atoms with van der Waals surface area (Å²) in [7, 11) is 0. The molecule has 152 valence electrons. The number of anilines is 1. The van der Waals surface area contributed by atoms with E-state index in [-0.39, 0.29) is 23.8 Å². The molecule has 6 heteroatoms. The number of hydrogen-bond donors (Lipinski definition) is 3. The van der Waals surface area contributed by atoms with Gasteiger partial charge in [0.05, 0.1) is 0 Å². The van der Waals surface area contributed by atoms with E-state index in [0.717, 1.165) is 48.7 Å². The van der Waals surface area contributed by atoms with Gasteiger partial charge in [0, 0.05) is 29.1 Å². The minimum absolute atomic E-state index is 0.0283. The maximum absolute atomic E-state index is 12.4. The average molecular weight is 400 g/mol. The molecular formula is C24H24N4O2. The number of carbonyl (C=O) groups excluding carboxylic acids is 2. The Kier molecular flexibility index (Phi) is 4.83. The number of hydrogen-bond acceptors (Lipinski definition) is 3. The molecule has 1 atom stereocenters. The van der Waals surface area contributed by atoms with E-state index in [4.69, 9.17) is 0 Å². The van der Waals surface area contributed by atoms with Gasteiger partial charge in [-0.25, -0.2) is 4.98 Å². The topological polar surface area (TPSA) is 86.9 Å². The summed E-state index contributed by atoms with van der Waals surface area (Å²) in [6.07, 6.45) is 8.53. The molecule has 5 rings (SSSR count). The Morgan fingerprint density at radius 1 is 1.07 bits per heavy atom. The van der Waals surface area contributed by atoms with E-state index in [1.165, 1.54) is 5.57 Å². The lowest BCUT2D eigenvalue weighted by atomic mass is 9.89. The van der Waals surface area contributed by atoms with Gasteiger partial charge in [-0.15, -0.1) is 0 Å². The molecule has 2 aliphatic carbocycles. The van der Waals surface area contributed by atoms with Crippen molar-refractivity contribution in [2.45, 2.75) is 38.1 Å². The van der Waals surface area contributed by atoms with Crippen LogP contribution in [0.15, 0.2) is 54.7 Å². The van der Waals surface area contributed by atoms with Crippen molar-refractivity contribution in [1.29, 1.82) is 0 Å². The summed E-state index contributed by atoms with van der Waals surface area (Å²) >= 11 is 0. The standard InChI is InChI=1S/C24H24N4O2/c29-23(16-4-2-1-3-5-16)26-18-10-8-15(9-11-18)20-14-21(28-24(30)17-6-7-17)27-22-19(20)12-13-25-22/h1-5,8,12-14,17-18H,6-7,9-11H2,(H,26,29)(H2,25,27,28,30). The third-order valence-electron chi connectivity index (χ3n) is 5.86. The summed E-state index contributed by atoms with van der Waals surface area (Å²) in [5.41, 5.74) is 3.79. The highest BCUT2D eigenvalue weighted by atomic mass is 16.2. The van der Waals surface area contributed by atoms with Gasteiger partial charge in [0.1, 0.15) is 11.5 Å². The van der Waals surface area contributed by atoms with Crippen LogP contribution in [0.3, 0.4) is 0 Å². The minimum Gasteiger partial charge on any atom is -0.349 e. The maximum atomic E-state index is 12.4.